The fourth-order valence-electron chi connectivity index (χ4n) is 0.852. The van der Waals surface area contributed by atoms with Gasteiger partial charge in [0, 0.05) is 6.08 Å². The van der Waals surface area contributed by atoms with Crippen LogP contribution >= 0.6 is 0 Å². The van der Waals surface area contributed by atoms with E-state index in [1.54, 1.807) is 12.0 Å². The fourth-order valence-corrected chi connectivity index (χ4v) is 0.852. The van der Waals surface area contributed by atoms with E-state index >= 15 is 0 Å². The molecule has 0 radical (unpaired) electrons. The normalized spacial score (nSPS) is 10.9. The molecule has 0 aliphatic heterocycles. The Bertz CT molecular complexity index is 162. The lowest BCUT2D eigenvalue weighted by molar-refractivity contribution is 0.568. The lowest BCUT2D eigenvalue weighted by Gasteiger charge is -1.95. The van der Waals surface area contributed by atoms with Crippen LogP contribution in [0.3, 0.4) is 0 Å². The molecular formula is C10H16O. The van der Waals surface area contributed by atoms with Crippen LogP contribution in [0.15, 0.2) is 17.7 Å². The van der Waals surface area contributed by atoms with Gasteiger partial charge in [0.2, 0.25) is 0 Å². The van der Waals surface area contributed by atoms with Crippen molar-refractivity contribution < 1.29 is 4.79 Å². The van der Waals surface area contributed by atoms with Crippen molar-refractivity contribution in [2.45, 2.75) is 39.5 Å². The predicted molar refractivity (Wildman–Crippen MR) is 48.2 cm³/mol. The molecule has 0 N–H and O–H groups in total. The zero-order valence-corrected chi connectivity index (χ0v) is 7.39. The molecule has 1 nitrogen and oxygen atoms in total. The van der Waals surface area contributed by atoms with Crippen LogP contribution < -0.4 is 0 Å². The van der Waals surface area contributed by atoms with Crippen molar-refractivity contribution in [2.75, 3.05) is 0 Å². The topological polar surface area (TPSA) is 17.1 Å². The molecule has 0 saturated carbocycles. The molecule has 0 unspecified atom stereocenters. The highest BCUT2D eigenvalue weighted by molar-refractivity contribution is 5.44. The van der Waals surface area contributed by atoms with Gasteiger partial charge in [-0.15, -0.1) is 0 Å². The minimum Gasteiger partial charge on any atom is -0.234 e. The second kappa shape index (κ2) is 7.30. The van der Waals surface area contributed by atoms with Gasteiger partial charge >= 0.3 is 0 Å². The van der Waals surface area contributed by atoms with Gasteiger partial charge in [-0.3, -0.25) is 0 Å². The molecule has 0 fully saturated rings. The third-order valence-corrected chi connectivity index (χ3v) is 1.55. The van der Waals surface area contributed by atoms with E-state index in [0.29, 0.717) is 0 Å². The van der Waals surface area contributed by atoms with Crippen molar-refractivity contribution in [3.05, 3.63) is 17.7 Å². The van der Waals surface area contributed by atoms with Gasteiger partial charge in [0.15, 0.2) is 0 Å². The molecule has 0 aromatic carbocycles. The van der Waals surface area contributed by atoms with Crippen LogP contribution in [-0.4, -0.2) is 5.94 Å². The van der Waals surface area contributed by atoms with Crippen molar-refractivity contribution in [1.29, 1.82) is 0 Å². The number of rotatable bonds is 5. The quantitative estimate of drug-likeness (QED) is 0.437. The van der Waals surface area contributed by atoms with Crippen molar-refractivity contribution in [2.24, 2.45) is 0 Å². The molecule has 0 atom stereocenters. The molecule has 0 saturated heterocycles. The lowest BCUT2D eigenvalue weighted by Crippen LogP contribution is -1.76. The predicted octanol–water partition coefficient (Wildman–Crippen LogP) is 2.90. The third kappa shape index (κ3) is 7.08. The van der Waals surface area contributed by atoms with Gasteiger partial charge in [-0.1, -0.05) is 25.0 Å². The van der Waals surface area contributed by atoms with Crippen molar-refractivity contribution >= 4 is 5.94 Å². The zero-order valence-electron chi connectivity index (χ0n) is 7.39. The van der Waals surface area contributed by atoms with E-state index in [-0.39, 0.29) is 0 Å². The minimum absolute atomic E-state index is 0.829. The molecule has 0 bridgehead atoms. The second-order valence-corrected chi connectivity index (χ2v) is 2.70. The Morgan fingerprint density at radius 1 is 1.45 bits per heavy atom. The summed E-state index contributed by atoms with van der Waals surface area (Å²) in [7, 11) is 0. The first-order valence-corrected chi connectivity index (χ1v) is 4.16. The third-order valence-electron chi connectivity index (χ3n) is 1.55. The lowest BCUT2D eigenvalue weighted by atomic mass is 10.1. The van der Waals surface area contributed by atoms with Crippen LogP contribution in [0.25, 0.3) is 0 Å². The highest BCUT2D eigenvalue weighted by Crippen LogP contribution is 2.05. The molecule has 0 rings (SSSR count). The summed E-state index contributed by atoms with van der Waals surface area (Å²) < 4.78 is 0. The van der Waals surface area contributed by atoms with Crippen LogP contribution in [0, 0.1) is 0 Å². The summed E-state index contributed by atoms with van der Waals surface area (Å²) in [6, 6.07) is 0. The Balaban J connectivity index is 3.49. The van der Waals surface area contributed by atoms with Crippen molar-refractivity contribution in [3.63, 3.8) is 0 Å². The molecule has 0 amide bonds. The summed E-state index contributed by atoms with van der Waals surface area (Å²) in [5.41, 5.74) is 1.37. The van der Waals surface area contributed by atoms with Gasteiger partial charge in [0.1, 0.15) is 5.94 Å². The van der Waals surface area contributed by atoms with E-state index in [0.717, 1.165) is 19.3 Å². The Kier molecular flexibility index (Phi) is 6.76. The average Bonchev–Trinajstić information content (AvgIpc) is 2.01. The zero-order chi connectivity index (χ0) is 8.53. The molecule has 0 aromatic rings. The first-order chi connectivity index (χ1) is 5.31. The maximum Gasteiger partial charge on any atom is 0.120 e. The molecule has 0 aliphatic carbocycles. The van der Waals surface area contributed by atoms with Crippen LogP contribution in [0.2, 0.25) is 0 Å². The van der Waals surface area contributed by atoms with E-state index < -0.39 is 0 Å². The smallest absolute Gasteiger partial charge is 0.120 e. The maximum atomic E-state index is 9.80. The monoisotopic (exact) mass is 152 g/mol. The SMILES string of the molecule is CCCC=C(C)CCC=C=O. The van der Waals surface area contributed by atoms with Crippen LogP contribution in [0.4, 0.5) is 0 Å². The molecule has 0 aromatic heterocycles. The summed E-state index contributed by atoms with van der Waals surface area (Å²) in [4.78, 5) is 9.80. The van der Waals surface area contributed by atoms with Gasteiger partial charge < -0.3 is 0 Å². The van der Waals surface area contributed by atoms with Crippen LogP contribution in [-0.2, 0) is 4.79 Å². The number of hydrogen-bond donors (Lipinski definition) is 0. The van der Waals surface area contributed by atoms with Crippen LogP contribution in [0.1, 0.15) is 39.5 Å². The van der Waals surface area contributed by atoms with Gasteiger partial charge in [-0.25, -0.2) is 4.79 Å². The van der Waals surface area contributed by atoms with Crippen LogP contribution in [0.5, 0.6) is 0 Å². The minimum atomic E-state index is 0.829. The highest BCUT2D eigenvalue weighted by Gasteiger charge is 1.86. The van der Waals surface area contributed by atoms with E-state index in [1.807, 2.05) is 0 Å². The fraction of sp³-hybridized carbons (Fsp3) is 0.600. The summed E-state index contributed by atoms with van der Waals surface area (Å²) >= 11 is 0. The van der Waals surface area contributed by atoms with E-state index in [2.05, 4.69) is 19.9 Å². The Morgan fingerprint density at radius 2 is 2.18 bits per heavy atom. The molecule has 11 heavy (non-hydrogen) atoms. The molecule has 0 heterocycles. The Morgan fingerprint density at radius 3 is 2.73 bits per heavy atom. The summed E-state index contributed by atoms with van der Waals surface area (Å²) in [5.74, 6) is 1.78. The first-order valence-electron chi connectivity index (χ1n) is 4.16. The molecule has 0 aliphatic rings. The number of hydrogen-bond acceptors (Lipinski definition) is 1. The highest BCUT2D eigenvalue weighted by atomic mass is 16.1. The molecule has 1 heteroatoms. The standard InChI is InChI=1S/C10H16O/c1-3-4-7-10(2)8-5-6-9-11/h6-7H,3-5,8H2,1-2H3. The number of allylic oxidation sites excluding steroid dienone is 3. The van der Waals surface area contributed by atoms with E-state index in [1.165, 1.54) is 12.0 Å². The number of carbonyl (C=O) groups excluding carboxylic acids is 1. The Labute approximate surface area is 68.8 Å². The number of unbranched alkanes of at least 4 members (excludes halogenated alkanes) is 1. The van der Waals surface area contributed by atoms with Gasteiger partial charge in [-0.05, 0) is 26.2 Å². The van der Waals surface area contributed by atoms with Crippen molar-refractivity contribution in [3.8, 4) is 0 Å². The summed E-state index contributed by atoms with van der Waals surface area (Å²) in [6.45, 7) is 4.27. The maximum absolute atomic E-state index is 9.80. The van der Waals surface area contributed by atoms with Gasteiger partial charge in [-0.2, -0.15) is 0 Å². The molecule has 62 valence electrons. The first kappa shape index (κ1) is 10.2. The summed E-state index contributed by atoms with van der Waals surface area (Å²) in [6.07, 6.45) is 7.95. The van der Waals surface area contributed by atoms with Gasteiger partial charge in [0.25, 0.3) is 0 Å². The van der Waals surface area contributed by atoms with Gasteiger partial charge in [0.05, 0.1) is 0 Å². The van der Waals surface area contributed by atoms with Crippen molar-refractivity contribution in [1.82, 2.24) is 0 Å². The molecule has 0 spiro atoms. The van der Waals surface area contributed by atoms with E-state index in [9.17, 15) is 4.79 Å². The Hall–Kier alpha value is -0.810. The molecular weight excluding hydrogens is 136 g/mol. The summed E-state index contributed by atoms with van der Waals surface area (Å²) in [5, 5.41) is 0. The average molecular weight is 152 g/mol. The van der Waals surface area contributed by atoms with E-state index in [4.69, 9.17) is 0 Å². The largest absolute Gasteiger partial charge is 0.234 e. The second-order valence-electron chi connectivity index (χ2n) is 2.70.